The Labute approximate surface area is 172 Å². The molecule has 0 saturated heterocycles. The molecule has 1 aromatic heterocycles. The minimum atomic E-state index is -0.374. The summed E-state index contributed by atoms with van der Waals surface area (Å²) < 4.78 is 2.00. The summed E-state index contributed by atoms with van der Waals surface area (Å²) in [7, 11) is 0. The minimum absolute atomic E-state index is 0.162. The quantitative estimate of drug-likeness (QED) is 0.542. The van der Waals surface area contributed by atoms with E-state index in [-0.39, 0.29) is 11.2 Å². The van der Waals surface area contributed by atoms with Gasteiger partial charge in [-0.3, -0.25) is 4.79 Å². The summed E-state index contributed by atoms with van der Waals surface area (Å²) in [5.41, 5.74) is 1.55. The molecule has 5 nitrogen and oxygen atoms in total. The van der Waals surface area contributed by atoms with Crippen LogP contribution in [0.2, 0.25) is 10.0 Å². The monoisotopic (exact) mass is 420 g/mol. The van der Waals surface area contributed by atoms with Gasteiger partial charge in [0.25, 0.3) is 0 Å². The number of halogens is 2. The van der Waals surface area contributed by atoms with Crippen LogP contribution in [0.5, 0.6) is 0 Å². The summed E-state index contributed by atoms with van der Waals surface area (Å²) in [5, 5.41) is 12.7. The first-order chi connectivity index (χ1) is 13.0. The van der Waals surface area contributed by atoms with E-state index in [9.17, 15) is 4.79 Å². The SMILES string of the molecule is CCn1c(SC(C)C(=O)Nc2cc(Cl)cc(Cl)c2)nnc1-c1ccccc1. The van der Waals surface area contributed by atoms with Gasteiger partial charge >= 0.3 is 0 Å². The number of nitrogens with zero attached hydrogens (tertiary/aromatic N) is 3. The molecule has 2 aromatic carbocycles. The number of rotatable bonds is 6. The van der Waals surface area contributed by atoms with E-state index in [1.807, 2.05) is 48.7 Å². The van der Waals surface area contributed by atoms with Crippen LogP contribution < -0.4 is 5.32 Å². The average molecular weight is 421 g/mol. The molecule has 1 heterocycles. The van der Waals surface area contributed by atoms with E-state index in [2.05, 4.69) is 15.5 Å². The Morgan fingerprint density at radius 2 is 1.81 bits per heavy atom. The zero-order valence-electron chi connectivity index (χ0n) is 14.8. The molecule has 1 N–H and O–H groups in total. The molecule has 1 unspecified atom stereocenters. The second-order valence-electron chi connectivity index (χ2n) is 5.82. The standard InChI is InChI=1S/C19H18Cl2N4OS/c1-3-25-17(13-7-5-4-6-8-13)23-24-19(25)27-12(2)18(26)22-16-10-14(20)9-15(21)11-16/h4-12H,3H2,1-2H3,(H,22,26). The van der Waals surface area contributed by atoms with Gasteiger partial charge in [0.2, 0.25) is 5.91 Å². The number of benzene rings is 2. The molecule has 140 valence electrons. The van der Waals surface area contributed by atoms with Crippen molar-refractivity contribution in [2.75, 3.05) is 5.32 Å². The van der Waals surface area contributed by atoms with Gasteiger partial charge in [-0.2, -0.15) is 0 Å². The predicted molar refractivity (Wildman–Crippen MR) is 112 cm³/mol. The van der Waals surface area contributed by atoms with Gasteiger partial charge in [-0.1, -0.05) is 65.3 Å². The third-order valence-electron chi connectivity index (χ3n) is 3.85. The van der Waals surface area contributed by atoms with E-state index in [4.69, 9.17) is 23.2 Å². The van der Waals surface area contributed by atoms with Gasteiger partial charge in [0, 0.05) is 27.8 Å². The van der Waals surface area contributed by atoms with Crippen LogP contribution >= 0.6 is 35.0 Å². The second-order valence-corrected chi connectivity index (χ2v) is 8.00. The first-order valence-corrected chi connectivity index (χ1v) is 10.0. The Kier molecular flexibility index (Phi) is 6.42. The second kappa shape index (κ2) is 8.78. The van der Waals surface area contributed by atoms with Gasteiger partial charge in [0.15, 0.2) is 11.0 Å². The van der Waals surface area contributed by atoms with Crippen molar-refractivity contribution in [1.82, 2.24) is 14.8 Å². The van der Waals surface area contributed by atoms with Crippen LogP contribution in [0.1, 0.15) is 13.8 Å². The van der Waals surface area contributed by atoms with Gasteiger partial charge < -0.3 is 9.88 Å². The van der Waals surface area contributed by atoms with E-state index < -0.39 is 0 Å². The van der Waals surface area contributed by atoms with Crippen molar-refractivity contribution < 1.29 is 4.79 Å². The van der Waals surface area contributed by atoms with Crippen molar-refractivity contribution in [1.29, 1.82) is 0 Å². The third-order valence-corrected chi connectivity index (χ3v) is 5.36. The number of thioether (sulfide) groups is 1. The van der Waals surface area contributed by atoms with Gasteiger partial charge in [0.1, 0.15) is 0 Å². The minimum Gasteiger partial charge on any atom is -0.325 e. The number of nitrogens with one attached hydrogen (secondary N) is 1. The molecule has 0 bridgehead atoms. The highest BCUT2D eigenvalue weighted by molar-refractivity contribution is 8.00. The molecular weight excluding hydrogens is 403 g/mol. The molecule has 0 radical (unpaired) electrons. The van der Waals surface area contributed by atoms with E-state index >= 15 is 0 Å². The maximum atomic E-state index is 12.5. The van der Waals surface area contributed by atoms with Crippen LogP contribution in [0, 0.1) is 0 Å². The third kappa shape index (κ3) is 4.83. The van der Waals surface area contributed by atoms with Gasteiger partial charge in [-0.05, 0) is 32.0 Å². The number of hydrogen-bond acceptors (Lipinski definition) is 4. The Balaban J connectivity index is 1.74. The van der Waals surface area contributed by atoms with E-state index in [1.54, 1.807) is 18.2 Å². The molecule has 27 heavy (non-hydrogen) atoms. The Morgan fingerprint density at radius 1 is 1.15 bits per heavy atom. The summed E-state index contributed by atoms with van der Waals surface area (Å²) in [6.07, 6.45) is 0. The van der Waals surface area contributed by atoms with Crippen molar-refractivity contribution in [3.05, 3.63) is 58.6 Å². The average Bonchev–Trinajstić information content (AvgIpc) is 3.04. The number of hydrogen-bond donors (Lipinski definition) is 1. The topological polar surface area (TPSA) is 59.8 Å². The summed E-state index contributed by atoms with van der Waals surface area (Å²) in [6, 6.07) is 14.8. The molecule has 1 atom stereocenters. The van der Waals surface area contributed by atoms with E-state index in [1.165, 1.54) is 11.8 Å². The van der Waals surface area contributed by atoms with Crippen LogP contribution in [0.15, 0.2) is 53.7 Å². The van der Waals surface area contributed by atoms with Crippen molar-refractivity contribution in [3.63, 3.8) is 0 Å². The molecule has 0 aliphatic rings. The number of anilines is 1. The lowest BCUT2D eigenvalue weighted by Gasteiger charge is -2.13. The van der Waals surface area contributed by atoms with E-state index in [0.717, 1.165) is 11.4 Å². The van der Waals surface area contributed by atoms with Crippen LogP contribution in [-0.4, -0.2) is 25.9 Å². The summed E-state index contributed by atoms with van der Waals surface area (Å²) in [5.74, 6) is 0.625. The van der Waals surface area contributed by atoms with Gasteiger partial charge in [-0.15, -0.1) is 10.2 Å². The lowest BCUT2D eigenvalue weighted by molar-refractivity contribution is -0.115. The van der Waals surface area contributed by atoms with E-state index in [0.29, 0.717) is 27.4 Å². The first kappa shape index (κ1) is 19.7. The maximum Gasteiger partial charge on any atom is 0.237 e. The summed E-state index contributed by atoms with van der Waals surface area (Å²) >= 11 is 13.3. The van der Waals surface area contributed by atoms with Crippen molar-refractivity contribution in [2.24, 2.45) is 0 Å². The molecule has 0 fully saturated rings. The van der Waals surface area contributed by atoms with Gasteiger partial charge in [-0.25, -0.2) is 0 Å². The first-order valence-electron chi connectivity index (χ1n) is 8.40. The highest BCUT2D eigenvalue weighted by Crippen LogP contribution is 2.28. The van der Waals surface area contributed by atoms with Crippen molar-refractivity contribution in [2.45, 2.75) is 30.8 Å². The zero-order valence-corrected chi connectivity index (χ0v) is 17.1. The molecule has 0 aliphatic heterocycles. The largest absolute Gasteiger partial charge is 0.325 e. The highest BCUT2D eigenvalue weighted by Gasteiger charge is 2.20. The van der Waals surface area contributed by atoms with Crippen LogP contribution in [0.4, 0.5) is 5.69 Å². The van der Waals surface area contributed by atoms with Crippen LogP contribution in [0.3, 0.4) is 0 Å². The molecule has 0 saturated carbocycles. The fourth-order valence-electron chi connectivity index (χ4n) is 2.54. The fraction of sp³-hybridized carbons (Fsp3) is 0.211. The maximum absolute atomic E-state index is 12.5. The fourth-order valence-corrected chi connectivity index (χ4v) is 3.98. The molecule has 0 spiro atoms. The molecule has 3 aromatic rings. The van der Waals surface area contributed by atoms with Gasteiger partial charge in [0.05, 0.1) is 5.25 Å². The lowest BCUT2D eigenvalue weighted by atomic mass is 10.2. The molecule has 1 amide bonds. The Bertz CT molecular complexity index is 926. The number of carbonyl (C=O) groups excluding carboxylic acids is 1. The molecule has 3 rings (SSSR count). The smallest absolute Gasteiger partial charge is 0.237 e. The van der Waals surface area contributed by atoms with Crippen LogP contribution in [0.25, 0.3) is 11.4 Å². The lowest BCUT2D eigenvalue weighted by Crippen LogP contribution is -2.23. The highest BCUT2D eigenvalue weighted by atomic mass is 35.5. The molecule has 0 aliphatic carbocycles. The number of carbonyl (C=O) groups is 1. The van der Waals surface area contributed by atoms with Crippen LogP contribution in [-0.2, 0) is 11.3 Å². The Morgan fingerprint density at radius 3 is 2.44 bits per heavy atom. The van der Waals surface area contributed by atoms with Crippen molar-refractivity contribution in [3.8, 4) is 11.4 Å². The summed E-state index contributed by atoms with van der Waals surface area (Å²) in [6.45, 7) is 4.55. The number of amides is 1. The molecule has 8 heteroatoms. The van der Waals surface area contributed by atoms with Crippen molar-refractivity contribution >= 4 is 46.6 Å². The summed E-state index contributed by atoms with van der Waals surface area (Å²) in [4.78, 5) is 12.5. The molecular formula is C19H18Cl2N4OS. The Hall–Kier alpha value is -2.02. The normalized spacial score (nSPS) is 12.0. The number of aromatic nitrogens is 3. The predicted octanol–water partition coefficient (Wildman–Crippen LogP) is 5.39. The zero-order chi connectivity index (χ0) is 19.4.